The number of hydrogen-bond acceptors (Lipinski definition) is 2. The van der Waals surface area contributed by atoms with E-state index in [1.165, 1.54) is 0 Å². The zero-order valence-corrected chi connectivity index (χ0v) is 7.16. The van der Waals surface area contributed by atoms with Gasteiger partial charge in [-0.05, 0) is 19.1 Å². The minimum atomic E-state index is 0.684. The molecule has 0 aliphatic rings. The molecule has 0 saturated carbocycles. The second-order valence-corrected chi connectivity index (χ2v) is 2.39. The van der Waals surface area contributed by atoms with E-state index in [-0.39, 0.29) is 0 Å². The molecule has 0 atom stereocenters. The number of benzene rings is 1. The van der Waals surface area contributed by atoms with Gasteiger partial charge < -0.3 is 10.5 Å². The van der Waals surface area contributed by atoms with Gasteiger partial charge in [0.25, 0.3) is 0 Å². The maximum absolute atomic E-state index is 5.70. The fourth-order valence-corrected chi connectivity index (χ4v) is 0.880. The lowest BCUT2D eigenvalue weighted by molar-refractivity contribution is 0.272. The number of ether oxygens (including phenoxy) is 1. The molecule has 0 bridgehead atoms. The molecule has 0 radical (unpaired) electrons. The van der Waals surface area contributed by atoms with Crippen molar-refractivity contribution >= 4 is 11.8 Å². The minimum Gasteiger partial charge on any atom is -0.501 e. The van der Waals surface area contributed by atoms with Gasteiger partial charge in [-0.3, -0.25) is 0 Å². The van der Waals surface area contributed by atoms with Crippen LogP contribution in [0.25, 0.3) is 6.08 Å². The lowest BCUT2D eigenvalue weighted by atomic mass is 10.2. The molecule has 2 nitrogen and oxygen atoms in total. The third-order valence-corrected chi connectivity index (χ3v) is 1.51. The highest BCUT2D eigenvalue weighted by molar-refractivity contribution is 5.63. The van der Waals surface area contributed by atoms with E-state index in [1.807, 2.05) is 37.3 Å². The van der Waals surface area contributed by atoms with E-state index in [0.29, 0.717) is 6.61 Å². The monoisotopic (exact) mass is 163 g/mol. The summed E-state index contributed by atoms with van der Waals surface area (Å²) in [5, 5.41) is 0. The Morgan fingerprint density at radius 2 is 2.17 bits per heavy atom. The van der Waals surface area contributed by atoms with E-state index in [4.69, 9.17) is 10.5 Å². The van der Waals surface area contributed by atoms with Crippen molar-refractivity contribution in [1.82, 2.24) is 0 Å². The largest absolute Gasteiger partial charge is 0.501 e. The topological polar surface area (TPSA) is 35.2 Å². The molecular weight excluding hydrogens is 150 g/mol. The Morgan fingerprint density at radius 1 is 1.42 bits per heavy atom. The average molecular weight is 163 g/mol. The Bertz CT molecular complexity index is 268. The van der Waals surface area contributed by atoms with E-state index >= 15 is 0 Å². The molecule has 64 valence electrons. The first-order valence-corrected chi connectivity index (χ1v) is 3.97. The molecule has 12 heavy (non-hydrogen) atoms. The van der Waals surface area contributed by atoms with Gasteiger partial charge in [0, 0.05) is 11.3 Å². The molecule has 0 amide bonds. The van der Waals surface area contributed by atoms with Crippen LogP contribution in [-0.4, -0.2) is 6.61 Å². The first kappa shape index (κ1) is 8.65. The molecule has 0 heterocycles. The zero-order valence-electron chi connectivity index (χ0n) is 7.16. The molecule has 0 unspecified atom stereocenters. The van der Waals surface area contributed by atoms with Crippen molar-refractivity contribution in [1.29, 1.82) is 0 Å². The number of rotatable bonds is 3. The van der Waals surface area contributed by atoms with E-state index in [9.17, 15) is 0 Å². The van der Waals surface area contributed by atoms with Gasteiger partial charge in [0.15, 0.2) is 0 Å². The van der Waals surface area contributed by atoms with Crippen molar-refractivity contribution in [2.45, 2.75) is 6.92 Å². The molecule has 2 N–H and O–H groups in total. The van der Waals surface area contributed by atoms with Crippen LogP contribution >= 0.6 is 0 Å². The standard InChI is InChI=1S/C10H13NO/c1-2-12-8-7-9-5-3-4-6-10(9)11/h3-8H,2,11H2,1H3/b8-7+. The van der Waals surface area contributed by atoms with Crippen molar-refractivity contribution < 1.29 is 4.74 Å². The highest BCUT2D eigenvalue weighted by atomic mass is 16.5. The van der Waals surface area contributed by atoms with Gasteiger partial charge in [0.05, 0.1) is 12.9 Å². The van der Waals surface area contributed by atoms with E-state index in [2.05, 4.69) is 0 Å². The number of nitrogen functional groups attached to an aromatic ring is 1. The Balaban J connectivity index is 2.68. The highest BCUT2D eigenvalue weighted by Gasteiger charge is 1.90. The summed E-state index contributed by atoms with van der Waals surface area (Å²) in [6.45, 7) is 2.63. The molecule has 1 aromatic rings. The maximum atomic E-state index is 5.70. The second kappa shape index (κ2) is 4.44. The molecule has 0 saturated heterocycles. The van der Waals surface area contributed by atoms with Crippen molar-refractivity contribution in [3.63, 3.8) is 0 Å². The number of hydrogen-bond donors (Lipinski definition) is 1. The average Bonchev–Trinajstić information content (AvgIpc) is 2.09. The van der Waals surface area contributed by atoms with Gasteiger partial charge in [-0.25, -0.2) is 0 Å². The second-order valence-electron chi connectivity index (χ2n) is 2.39. The normalized spacial score (nSPS) is 10.4. The fourth-order valence-electron chi connectivity index (χ4n) is 0.880. The van der Waals surface area contributed by atoms with Crippen LogP contribution in [0.2, 0.25) is 0 Å². The van der Waals surface area contributed by atoms with Crippen LogP contribution in [0.5, 0.6) is 0 Å². The molecule has 0 fully saturated rings. The molecule has 0 aliphatic carbocycles. The SMILES string of the molecule is CCO/C=C/c1ccccc1N. The summed E-state index contributed by atoms with van der Waals surface area (Å²) in [5.74, 6) is 0. The predicted octanol–water partition coefficient (Wildman–Crippen LogP) is 2.28. The summed E-state index contributed by atoms with van der Waals surface area (Å²) in [6.07, 6.45) is 3.52. The predicted molar refractivity (Wildman–Crippen MR) is 51.5 cm³/mol. The van der Waals surface area contributed by atoms with Gasteiger partial charge in [0.2, 0.25) is 0 Å². The molecule has 0 spiro atoms. The quantitative estimate of drug-likeness (QED) is 0.548. The Morgan fingerprint density at radius 3 is 2.83 bits per heavy atom. The third kappa shape index (κ3) is 2.31. The molecule has 1 aromatic carbocycles. The van der Waals surface area contributed by atoms with Crippen molar-refractivity contribution in [3.8, 4) is 0 Å². The van der Waals surface area contributed by atoms with Gasteiger partial charge in [-0.2, -0.15) is 0 Å². The van der Waals surface area contributed by atoms with Gasteiger partial charge >= 0.3 is 0 Å². The lowest BCUT2D eigenvalue weighted by Crippen LogP contribution is -1.87. The number of anilines is 1. The minimum absolute atomic E-state index is 0.684. The first-order chi connectivity index (χ1) is 5.84. The summed E-state index contributed by atoms with van der Waals surface area (Å²) in [5.41, 5.74) is 7.46. The highest BCUT2D eigenvalue weighted by Crippen LogP contribution is 2.11. The fraction of sp³-hybridized carbons (Fsp3) is 0.200. The van der Waals surface area contributed by atoms with Crippen molar-refractivity contribution in [2.75, 3.05) is 12.3 Å². The number of para-hydroxylation sites is 1. The summed E-state index contributed by atoms with van der Waals surface area (Å²) < 4.78 is 5.06. The van der Waals surface area contributed by atoms with Gasteiger partial charge in [-0.1, -0.05) is 18.2 Å². The van der Waals surface area contributed by atoms with E-state index < -0.39 is 0 Å². The molecule has 0 aliphatic heterocycles. The van der Waals surface area contributed by atoms with Gasteiger partial charge in [0.1, 0.15) is 0 Å². The smallest absolute Gasteiger partial charge is 0.0845 e. The molecule has 2 heteroatoms. The number of nitrogens with two attached hydrogens (primary N) is 1. The summed E-state index contributed by atoms with van der Waals surface area (Å²) in [4.78, 5) is 0. The first-order valence-electron chi connectivity index (χ1n) is 3.97. The van der Waals surface area contributed by atoms with Crippen LogP contribution in [0.1, 0.15) is 12.5 Å². The molecule has 0 aromatic heterocycles. The van der Waals surface area contributed by atoms with Crippen molar-refractivity contribution in [3.05, 3.63) is 36.1 Å². The third-order valence-electron chi connectivity index (χ3n) is 1.51. The zero-order chi connectivity index (χ0) is 8.81. The molecule has 1 rings (SSSR count). The van der Waals surface area contributed by atoms with Crippen LogP contribution in [0.4, 0.5) is 5.69 Å². The van der Waals surface area contributed by atoms with Crippen LogP contribution in [0, 0.1) is 0 Å². The van der Waals surface area contributed by atoms with Gasteiger partial charge in [-0.15, -0.1) is 0 Å². The summed E-state index contributed by atoms with van der Waals surface area (Å²) in [7, 11) is 0. The molecular formula is C10H13NO. The Hall–Kier alpha value is -1.44. The Kier molecular flexibility index (Phi) is 3.20. The van der Waals surface area contributed by atoms with Crippen molar-refractivity contribution in [2.24, 2.45) is 0 Å². The van der Waals surface area contributed by atoms with Crippen LogP contribution in [-0.2, 0) is 4.74 Å². The van der Waals surface area contributed by atoms with Crippen LogP contribution in [0.15, 0.2) is 30.5 Å². The maximum Gasteiger partial charge on any atom is 0.0845 e. The lowest BCUT2D eigenvalue weighted by Gasteiger charge is -1.98. The summed E-state index contributed by atoms with van der Waals surface area (Å²) >= 11 is 0. The van der Waals surface area contributed by atoms with E-state index in [1.54, 1.807) is 6.26 Å². The van der Waals surface area contributed by atoms with Crippen LogP contribution < -0.4 is 5.73 Å². The van der Waals surface area contributed by atoms with E-state index in [0.717, 1.165) is 11.3 Å². The van der Waals surface area contributed by atoms with Crippen LogP contribution in [0.3, 0.4) is 0 Å². The summed E-state index contributed by atoms with van der Waals surface area (Å²) in [6, 6.07) is 7.67. The Labute approximate surface area is 72.7 Å².